The molecule has 0 aromatic heterocycles. The Morgan fingerprint density at radius 3 is 2.61 bits per heavy atom. The van der Waals surface area contributed by atoms with Gasteiger partial charge >= 0.3 is 0 Å². The molecule has 2 bridgehead atoms. The number of anilines is 1. The Morgan fingerprint density at radius 2 is 2.04 bits per heavy atom. The third-order valence-corrected chi connectivity index (χ3v) is 4.64. The van der Waals surface area contributed by atoms with Crippen molar-refractivity contribution >= 4 is 11.6 Å². The Balaban J connectivity index is 1.59. The predicted octanol–water partition coefficient (Wildman–Crippen LogP) is 2.13. The summed E-state index contributed by atoms with van der Waals surface area (Å²) in [5, 5.41) is 6.90. The van der Waals surface area contributed by atoms with Crippen molar-refractivity contribution < 1.29 is 4.74 Å². The van der Waals surface area contributed by atoms with Crippen molar-refractivity contribution in [2.75, 3.05) is 25.5 Å². The molecule has 23 heavy (non-hydrogen) atoms. The molecule has 1 aromatic carbocycles. The molecule has 0 aliphatic carbocycles. The molecule has 0 saturated carbocycles. The number of aliphatic imine (C=N–C) groups is 1. The maximum absolute atomic E-state index is 5.91. The van der Waals surface area contributed by atoms with Crippen LogP contribution in [-0.2, 0) is 11.3 Å². The standard InChI is InChI=1S/C18H28N4O/c1-4-19-18(21-16-11-15-9-10-17(16)23-15)20-12-13-5-7-14(8-6-13)22(2)3/h5-8,15-17H,4,9-12H2,1-3H3,(H2,19,20,21). The van der Waals surface area contributed by atoms with E-state index in [2.05, 4.69) is 60.8 Å². The zero-order chi connectivity index (χ0) is 16.2. The number of benzene rings is 1. The van der Waals surface area contributed by atoms with E-state index in [1.165, 1.54) is 24.1 Å². The van der Waals surface area contributed by atoms with E-state index in [0.29, 0.717) is 24.8 Å². The molecule has 1 aromatic rings. The molecule has 5 nitrogen and oxygen atoms in total. The first kappa shape index (κ1) is 16.1. The zero-order valence-corrected chi connectivity index (χ0v) is 14.4. The second kappa shape index (κ2) is 7.21. The van der Waals surface area contributed by atoms with Crippen LogP contribution in [0, 0.1) is 0 Å². The second-order valence-corrected chi connectivity index (χ2v) is 6.62. The molecule has 2 aliphatic rings. The van der Waals surface area contributed by atoms with E-state index >= 15 is 0 Å². The molecule has 0 spiro atoms. The van der Waals surface area contributed by atoms with Gasteiger partial charge in [0.25, 0.3) is 0 Å². The van der Waals surface area contributed by atoms with E-state index in [4.69, 9.17) is 9.73 Å². The lowest BCUT2D eigenvalue weighted by Gasteiger charge is -2.22. The number of ether oxygens (including phenoxy) is 1. The summed E-state index contributed by atoms with van der Waals surface area (Å²) in [6.45, 7) is 3.65. The number of nitrogens with zero attached hydrogens (tertiary/aromatic N) is 2. The maximum atomic E-state index is 5.91. The van der Waals surface area contributed by atoms with E-state index in [0.717, 1.165) is 18.9 Å². The highest BCUT2D eigenvalue weighted by molar-refractivity contribution is 5.80. The monoisotopic (exact) mass is 316 g/mol. The molecule has 5 heteroatoms. The Bertz CT molecular complexity index is 540. The highest BCUT2D eigenvalue weighted by Crippen LogP contribution is 2.34. The Kier molecular flexibility index (Phi) is 5.06. The van der Waals surface area contributed by atoms with Gasteiger partial charge in [0.1, 0.15) is 0 Å². The number of hydrogen-bond acceptors (Lipinski definition) is 3. The maximum Gasteiger partial charge on any atom is 0.191 e. The smallest absolute Gasteiger partial charge is 0.191 e. The number of nitrogens with one attached hydrogen (secondary N) is 2. The first-order chi connectivity index (χ1) is 11.2. The lowest BCUT2D eigenvalue weighted by molar-refractivity contribution is 0.0992. The van der Waals surface area contributed by atoms with Gasteiger partial charge in [0, 0.05) is 26.3 Å². The van der Waals surface area contributed by atoms with E-state index in [1.54, 1.807) is 0 Å². The third-order valence-electron chi connectivity index (χ3n) is 4.64. The van der Waals surface area contributed by atoms with E-state index in [1.807, 2.05) is 0 Å². The van der Waals surface area contributed by atoms with Crippen molar-refractivity contribution in [3.63, 3.8) is 0 Å². The number of rotatable bonds is 5. The molecular formula is C18H28N4O. The first-order valence-electron chi connectivity index (χ1n) is 8.62. The number of guanidine groups is 1. The fourth-order valence-electron chi connectivity index (χ4n) is 3.36. The molecule has 126 valence electrons. The van der Waals surface area contributed by atoms with Gasteiger partial charge in [0.2, 0.25) is 0 Å². The second-order valence-electron chi connectivity index (χ2n) is 6.62. The van der Waals surface area contributed by atoms with E-state index in [9.17, 15) is 0 Å². The normalized spacial score (nSPS) is 26.4. The minimum absolute atomic E-state index is 0.364. The van der Waals surface area contributed by atoms with Crippen LogP contribution in [0.1, 0.15) is 31.7 Å². The summed E-state index contributed by atoms with van der Waals surface area (Å²) in [5.41, 5.74) is 2.43. The summed E-state index contributed by atoms with van der Waals surface area (Å²) in [5.74, 6) is 0.894. The highest BCUT2D eigenvalue weighted by Gasteiger charge is 2.41. The molecule has 2 N–H and O–H groups in total. The van der Waals surface area contributed by atoms with Gasteiger partial charge in [-0.2, -0.15) is 0 Å². The van der Waals surface area contributed by atoms with E-state index in [-0.39, 0.29) is 0 Å². The summed E-state index contributed by atoms with van der Waals surface area (Å²) in [7, 11) is 4.11. The molecule has 3 unspecified atom stereocenters. The van der Waals surface area contributed by atoms with Gasteiger partial charge in [0.05, 0.1) is 24.8 Å². The van der Waals surface area contributed by atoms with Crippen LogP contribution in [0.15, 0.2) is 29.3 Å². The Labute approximate surface area is 139 Å². The van der Waals surface area contributed by atoms with Gasteiger partial charge in [-0.1, -0.05) is 12.1 Å². The largest absolute Gasteiger partial charge is 0.378 e. The van der Waals surface area contributed by atoms with Crippen LogP contribution in [-0.4, -0.2) is 44.8 Å². The van der Waals surface area contributed by atoms with Crippen LogP contribution in [0.3, 0.4) is 0 Å². The molecule has 2 aliphatic heterocycles. The van der Waals surface area contributed by atoms with E-state index < -0.39 is 0 Å². The minimum atomic E-state index is 0.364. The van der Waals surface area contributed by atoms with Crippen molar-refractivity contribution in [3.05, 3.63) is 29.8 Å². The molecule has 0 radical (unpaired) electrons. The van der Waals surface area contributed by atoms with Crippen LogP contribution in [0.4, 0.5) is 5.69 Å². The van der Waals surface area contributed by atoms with Gasteiger partial charge in [-0.25, -0.2) is 4.99 Å². The fourth-order valence-corrected chi connectivity index (χ4v) is 3.36. The SMILES string of the molecule is CCNC(=NCc1ccc(N(C)C)cc1)NC1CC2CCC1O2. The average Bonchev–Trinajstić information content (AvgIpc) is 3.16. The quantitative estimate of drug-likeness (QED) is 0.645. The van der Waals surface area contributed by atoms with Gasteiger partial charge in [-0.05, 0) is 43.9 Å². The molecular weight excluding hydrogens is 288 g/mol. The first-order valence-corrected chi connectivity index (χ1v) is 8.62. The highest BCUT2D eigenvalue weighted by atomic mass is 16.5. The summed E-state index contributed by atoms with van der Waals surface area (Å²) >= 11 is 0. The van der Waals surface area contributed by atoms with Gasteiger partial charge < -0.3 is 20.3 Å². The summed E-state index contributed by atoms with van der Waals surface area (Å²) < 4.78 is 5.91. The van der Waals surface area contributed by atoms with Crippen LogP contribution in [0.5, 0.6) is 0 Å². The van der Waals surface area contributed by atoms with Crippen molar-refractivity contribution in [1.82, 2.24) is 10.6 Å². The summed E-state index contributed by atoms with van der Waals surface area (Å²) in [6, 6.07) is 8.96. The lowest BCUT2D eigenvalue weighted by Crippen LogP contribution is -2.47. The topological polar surface area (TPSA) is 48.9 Å². The van der Waals surface area contributed by atoms with Crippen LogP contribution in [0.25, 0.3) is 0 Å². The Morgan fingerprint density at radius 1 is 1.26 bits per heavy atom. The van der Waals surface area contributed by atoms with Gasteiger partial charge in [0.15, 0.2) is 5.96 Å². The molecule has 2 saturated heterocycles. The molecule has 0 amide bonds. The lowest BCUT2D eigenvalue weighted by atomic mass is 9.96. The summed E-state index contributed by atoms with van der Waals surface area (Å²) in [4.78, 5) is 6.84. The summed E-state index contributed by atoms with van der Waals surface area (Å²) in [6.07, 6.45) is 4.32. The zero-order valence-electron chi connectivity index (χ0n) is 14.4. The predicted molar refractivity (Wildman–Crippen MR) is 95.0 cm³/mol. The van der Waals surface area contributed by atoms with Crippen molar-refractivity contribution in [1.29, 1.82) is 0 Å². The van der Waals surface area contributed by atoms with Gasteiger partial charge in [-0.3, -0.25) is 0 Å². The van der Waals surface area contributed by atoms with Crippen molar-refractivity contribution in [2.45, 2.75) is 51.0 Å². The minimum Gasteiger partial charge on any atom is -0.378 e. The average molecular weight is 316 g/mol. The molecule has 3 atom stereocenters. The number of hydrogen-bond donors (Lipinski definition) is 2. The van der Waals surface area contributed by atoms with Crippen molar-refractivity contribution in [2.24, 2.45) is 4.99 Å². The van der Waals surface area contributed by atoms with Crippen LogP contribution < -0.4 is 15.5 Å². The molecule has 2 fully saturated rings. The fraction of sp³-hybridized carbons (Fsp3) is 0.611. The van der Waals surface area contributed by atoms with Gasteiger partial charge in [-0.15, -0.1) is 0 Å². The number of fused-ring (bicyclic) bond motifs is 2. The van der Waals surface area contributed by atoms with Crippen LogP contribution in [0.2, 0.25) is 0 Å². The third kappa shape index (κ3) is 3.96. The Hall–Kier alpha value is -1.75. The molecule has 2 heterocycles. The molecule has 3 rings (SSSR count). The van der Waals surface area contributed by atoms with Crippen molar-refractivity contribution in [3.8, 4) is 0 Å². The van der Waals surface area contributed by atoms with Crippen LogP contribution >= 0.6 is 0 Å².